The van der Waals surface area contributed by atoms with Gasteiger partial charge in [0.25, 0.3) is 0 Å². The zero-order valence-electron chi connectivity index (χ0n) is 13.0. The summed E-state index contributed by atoms with van der Waals surface area (Å²) < 4.78 is 6.90. The maximum atomic E-state index is 11.6. The van der Waals surface area contributed by atoms with Crippen molar-refractivity contribution in [2.75, 3.05) is 0 Å². The van der Waals surface area contributed by atoms with E-state index in [-0.39, 0.29) is 0 Å². The van der Waals surface area contributed by atoms with Gasteiger partial charge in [0.05, 0.1) is 24.6 Å². The van der Waals surface area contributed by atoms with Crippen LogP contribution in [0.25, 0.3) is 5.65 Å². The van der Waals surface area contributed by atoms with Crippen molar-refractivity contribution in [3.8, 4) is 0 Å². The molecule has 2 aromatic heterocycles. The lowest BCUT2D eigenvalue weighted by molar-refractivity contribution is 0.0523. The number of hydrogen-bond donors (Lipinski definition) is 1. The molecular weight excluding hydrogens is 268 g/mol. The van der Waals surface area contributed by atoms with Crippen molar-refractivity contribution in [2.45, 2.75) is 52.7 Å². The molecule has 6 nitrogen and oxygen atoms in total. The molecule has 0 aliphatic carbocycles. The van der Waals surface area contributed by atoms with Crippen molar-refractivity contribution in [3.05, 3.63) is 29.7 Å². The predicted octanol–water partition coefficient (Wildman–Crippen LogP) is 2.71. The van der Waals surface area contributed by atoms with Crippen LogP contribution >= 0.6 is 0 Å². The van der Waals surface area contributed by atoms with Gasteiger partial charge in [-0.1, -0.05) is 13.3 Å². The molecule has 2 heterocycles. The zero-order chi connectivity index (χ0) is 15.5. The van der Waals surface area contributed by atoms with E-state index in [9.17, 15) is 4.79 Å². The molecule has 1 amide bonds. The Morgan fingerprint density at radius 2 is 2.19 bits per heavy atom. The van der Waals surface area contributed by atoms with Gasteiger partial charge in [0, 0.05) is 0 Å². The monoisotopic (exact) mass is 290 g/mol. The normalized spacial score (nSPS) is 11.6. The zero-order valence-corrected chi connectivity index (χ0v) is 13.0. The number of carbonyl (C=O) groups excluding carboxylic acids is 1. The summed E-state index contributed by atoms with van der Waals surface area (Å²) in [7, 11) is 0. The molecule has 114 valence electrons. The first-order chi connectivity index (χ1) is 9.87. The standard InChI is InChI=1S/C15H22N4O2/c1-5-6-11-7-13-18-12(10-19(13)17-8-11)9-16-14(20)21-15(2,3)4/h7-8,10H,5-6,9H2,1-4H3,(H,16,20). The van der Waals surface area contributed by atoms with Crippen molar-refractivity contribution >= 4 is 11.7 Å². The molecule has 0 unspecified atom stereocenters. The van der Waals surface area contributed by atoms with Crippen molar-refractivity contribution in [2.24, 2.45) is 0 Å². The summed E-state index contributed by atoms with van der Waals surface area (Å²) >= 11 is 0. The van der Waals surface area contributed by atoms with Crippen molar-refractivity contribution < 1.29 is 9.53 Å². The first-order valence-corrected chi connectivity index (χ1v) is 7.17. The van der Waals surface area contributed by atoms with Crippen LogP contribution < -0.4 is 5.32 Å². The largest absolute Gasteiger partial charge is 0.444 e. The van der Waals surface area contributed by atoms with Gasteiger partial charge < -0.3 is 10.1 Å². The Balaban J connectivity index is 2.01. The van der Waals surface area contributed by atoms with Crippen LogP contribution in [0.4, 0.5) is 4.79 Å². The molecular formula is C15H22N4O2. The first kappa shape index (κ1) is 15.3. The number of carbonyl (C=O) groups is 1. The second-order valence-corrected chi connectivity index (χ2v) is 6.00. The number of aromatic nitrogens is 3. The number of hydrogen-bond acceptors (Lipinski definition) is 4. The van der Waals surface area contributed by atoms with Crippen molar-refractivity contribution in [1.29, 1.82) is 0 Å². The molecule has 0 bridgehead atoms. The second kappa shape index (κ2) is 6.11. The number of amides is 1. The average molecular weight is 290 g/mol. The maximum absolute atomic E-state index is 11.6. The van der Waals surface area contributed by atoms with Crippen LogP contribution in [0.3, 0.4) is 0 Å². The molecule has 0 spiro atoms. The van der Waals surface area contributed by atoms with E-state index in [1.165, 1.54) is 5.56 Å². The third-order valence-corrected chi connectivity index (χ3v) is 2.78. The van der Waals surface area contributed by atoms with E-state index < -0.39 is 11.7 Å². The number of ether oxygens (including phenoxy) is 1. The second-order valence-electron chi connectivity index (χ2n) is 6.00. The highest BCUT2D eigenvalue weighted by molar-refractivity contribution is 5.67. The Kier molecular flexibility index (Phi) is 4.45. The first-order valence-electron chi connectivity index (χ1n) is 7.17. The minimum Gasteiger partial charge on any atom is -0.444 e. The molecule has 0 aromatic carbocycles. The summed E-state index contributed by atoms with van der Waals surface area (Å²) in [6.07, 6.45) is 5.28. The quantitative estimate of drug-likeness (QED) is 0.940. The van der Waals surface area contributed by atoms with Crippen LogP contribution in [-0.2, 0) is 17.7 Å². The minimum atomic E-state index is -0.500. The lowest BCUT2D eigenvalue weighted by Gasteiger charge is -2.19. The Labute approximate surface area is 124 Å². The highest BCUT2D eigenvalue weighted by Gasteiger charge is 2.16. The Morgan fingerprint density at radius 3 is 2.86 bits per heavy atom. The Bertz CT molecular complexity index is 628. The fourth-order valence-electron chi connectivity index (χ4n) is 1.95. The summed E-state index contributed by atoms with van der Waals surface area (Å²) in [5, 5.41) is 7.01. The smallest absolute Gasteiger partial charge is 0.407 e. The topological polar surface area (TPSA) is 68.5 Å². The van der Waals surface area contributed by atoms with Crippen LogP contribution in [0.1, 0.15) is 45.4 Å². The van der Waals surface area contributed by atoms with Crippen LogP contribution in [-0.4, -0.2) is 26.3 Å². The van der Waals surface area contributed by atoms with Gasteiger partial charge in [0.15, 0.2) is 5.65 Å². The van der Waals surface area contributed by atoms with Gasteiger partial charge in [-0.3, -0.25) is 0 Å². The predicted molar refractivity (Wildman–Crippen MR) is 80.1 cm³/mol. The highest BCUT2D eigenvalue weighted by Crippen LogP contribution is 2.09. The molecule has 0 saturated carbocycles. The summed E-state index contributed by atoms with van der Waals surface area (Å²) in [6, 6.07) is 2.02. The SMILES string of the molecule is CCCc1cnn2cc(CNC(=O)OC(C)(C)C)nc2c1. The fraction of sp³-hybridized carbons (Fsp3) is 0.533. The number of fused-ring (bicyclic) bond motifs is 1. The molecule has 1 N–H and O–H groups in total. The lowest BCUT2D eigenvalue weighted by Crippen LogP contribution is -2.32. The van der Waals surface area contributed by atoms with Gasteiger partial charge in [-0.2, -0.15) is 5.10 Å². The molecule has 0 radical (unpaired) electrons. The number of rotatable bonds is 4. The maximum Gasteiger partial charge on any atom is 0.407 e. The van der Waals surface area contributed by atoms with E-state index >= 15 is 0 Å². The van der Waals surface area contributed by atoms with E-state index in [4.69, 9.17) is 4.74 Å². The number of aryl methyl sites for hydroxylation is 1. The van der Waals surface area contributed by atoms with Crippen LogP contribution in [0.2, 0.25) is 0 Å². The summed E-state index contributed by atoms with van der Waals surface area (Å²) in [5.74, 6) is 0. The molecule has 6 heteroatoms. The molecule has 0 fully saturated rings. The van der Waals surface area contributed by atoms with Gasteiger partial charge in [0.1, 0.15) is 5.60 Å². The molecule has 21 heavy (non-hydrogen) atoms. The fourth-order valence-corrected chi connectivity index (χ4v) is 1.95. The molecule has 0 aliphatic heterocycles. The minimum absolute atomic E-state index is 0.321. The average Bonchev–Trinajstić information content (AvgIpc) is 2.77. The third-order valence-electron chi connectivity index (χ3n) is 2.78. The molecule has 0 aliphatic rings. The summed E-state index contributed by atoms with van der Waals surface area (Å²) in [4.78, 5) is 16.1. The van der Waals surface area contributed by atoms with E-state index in [0.29, 0.717) is 6.54 Å². The van der Waals surface area contributed by atoms with Crippen LogP contribution in [0.15, 0.2) is 18.5 Å². The Morgan fingerprint density at radius 1 is 1.43 bits per heavy atom. The third kappa shape index (κ3) is 4.44. The van der Waals surface area contributed by atoms with Crippen molar-refractivity contribution in [1.82, 2.24) is 19.9 Å². The van der Waals surface area contributed by atoms with Gasteiger partial charge >= 0.3 is 6.09 Å². The van der Waals surface area contributed by atoms with E-state index in [1.54, 1.807) is 4.52 Å². The van der Waals surface area contributed by atoms with E-state index in [1.807, 2.05) is 39.2 Å². The number of alkyl carbamates (subject to hydrolysis) is 1. The van der Waals surface area contributed by atoms with Gasteiger partial charge in [-0.15, -0.1) is 0 Å². The highest BCUT2D eigenvalue weighted by atomic mass is 16.6. The molecule has 2 aromatic rings. The van der Waals surface area contributed by atoms with E-state index in [2.05, 4.69) is 22.3 Å². The number of imidazole rings is 1. The Hall–Kier alpha value is -2.11. The summed E-state index contributed by atoms with van der Waals surface area (Å²) in [6.45, 7) is 7.94. The van der Waals surface area contributed by atoms with Crippen molar-refractivity contribution in [3.63, 3.8) is 0 Å². The van der Waals surface area contributed by atoms with Gasteiger partial charge in [0.2, 0.25) is 0 Å². The molecule has 0 saturated heterocycles. The molecule has 0 atom stereocenters. The van der Waals surface area contributed by atoms with E-state index in [0.717, 1.165) is 24.2 Å². The van der Waals surface area contributed by atoms with Crippen LogP contribution in [0, 0.1) is 0 Å². The lowest BCUT2D eigenvalue weighted by atomic mass is 10.2. The van der Waals surface area contributed by atoms with Crippen LogP contribution in [0.5, 0.6) is 0 Å². The number of nitrogens with zero attached hydrogens (tertiary/aromatic N) is 3. The van der Waals surface area contributed by atoms with Gasteiger partial charge in [-0.25, -0.2) is 14.3 Å². The summed E-state index contributed by atoms with van der Waals surface area (Å²) in [5.41, 5.74) is 2.21. The molecule has 2 rings (SSSR count). The van der Waals surface area contributed by atoms with Gasteiger partial charge in [-0.05, 0) is 38.8 Å². The number of nitrogens with one attached hydrogen (secondary N) is 1.